The van der Waals surface area contributed by atoms with E-state index in [0.717, 1.165) is 22.2 Å². The molecule has 3 nitrogen and oxygen atoms in total. The van der Waals surface area contributed by atoms with Crippen LogP contribution < -0.4 is 4.40 Å². The fourth-order valence-corrected chi connectivity index (χ4v) is 6.57. The second kappa shape index (κ2) is 13.5. The first-order valence-corrected chi connectivity index (χ1v) is 19.8. The number of ketones is 1. The molecule has 201 valence electrons. The van der Waals surface area contributed by atoms with E-state index in [-0.39, 0.29) is 37.5 Å². The summed E-state index contributed by atoms with van der Waals surface area (Å²) < 4.78 is 16.1. The van der Waals surface area contributed by atoms with E-state index in [1.807, 2.05) is 24.3 Å². The molecule has 0 amide bonds. The van der Waals surface area contributed by atoms with Crippen LogP contribution in [0.5, 0.6) is 0 Å². The molecule has 4 aromatic rings. The number of hydrogen-bond acceptors (Lipinski definition) is 3. The van der Waals surface area contributed by atoms with Crippen LogP contribution in [-0.4, -0.2) is 29.1 Å². The maximum atomic E-state index is 14.7. The van der Waals surface area contributed by atoms with Crippen LogP contribution in [0.15, 0.2) is 78.7 Å². The first-order valence-electron chi connectivity index (χ1n) is 12.5. The van der Waals surface area contributed by atoms with Crippen molar-refractivity contribution in [3.8, 4) is 22.4 Å². The molecule has 6 heteroatoms. The van der Waals surface area contributed by atoms with Gasteiger partial charge in [0, 0.05) is 26.2 Å². The number of nitrogens with zero attached hydrogens (tertiary/aromatic N) is 1. The molecule has 0 fully saturated rings. The van der Waals surface area contributed by atoms with Gasteiger partial charge in [-0.3, -0.25) is 4.79 Å². The first kappa shape index (κ1) is 31.6. The topological polar surface area (TPSA) is 50.2 Å². The van der Waals surface area contributed by atoms with Crippen LogP contribution >= 0.6 is 0 Å². The van der Waals surface area contributed by atoms with Crippen molar-refractivity contribution >= 4 is 34.2 Å². The van der Waals surface area contributed by atoms with E-state index in [2.05, 4.69) is 78.6 Å². The van der Waals surface area contributed by atoms with Gasteiger partial charge in [-0.2, -0.15) is 0 Å². The molecule has 0 aliphatic carbocycles. The van der Waals surface area contributed by atoms with Crippen LogP contribution in [0.3, 0.4) is 0 Å². The summed E-state index contributed by atoms with van der Waals surface area (Å²) >= 11 is -1.90. The maximum Gasteiger partial charge on any atom is 0 e. The number of carbonyl (C=O) groups is 1. The summed E-state index contributed by atoms with van der Waals surface area (Å²) in [5.41, 5.74) is 4.38. The molecule has 0 spiro atoms. The quantitative estimate of drug-likeness (QED) is 0.0970. The van der Waals surface area contributed by atoms with E-state index in [4.69, 9.17) is 5.11 Å². The number of pyridine rings is 1. The molecule has 0 aliphatic rings. The van der Waals surface area contributed by atoms with E-state index >= 15 is 0 Å². The number of aliphatic hydroxyl groups excluding tert-OH is 1. The average molecular weight is 749 g/mol. The Morgan fingerprint density at radius 1 is 1.03 bits per heavy atom. The minimum absolute atomic E-state index is 0. The number of aromatic nitrogens is 1. The molecule has 1 radical (unpaired) electrons. The molecule has 0 saturated carbocycles. The summed E-state index contributed by atoms with van der Waals surface area (Å²) in [6.07, 6.45) is 2.50. The van der Waals surface area contributed by atoms with Gasteiger partial charge in [0.1, 0.15) is 0 Å². The SMILES string of the molecule is CC(=O)/C=C(/C)O.CC(C)c1cc(-c2cc(-c3cc[c]([Ge]([CH3])([CH3])[CH3])cc3)c(F)cn2)[c-]c2ccccc12.[Ir]. The number of allylic oxidation sites excluding steroid dienone is 2. The Bertz CT molecular complexity index is 1440. The molecule has 4 rings (SSSR count). The predicted molar refractivity (Wildman–Crippen MR) is 156 cm³/mol. The molecular formula is C32H35FGeIrNO2-. The van der Waals surface area contributed by atoms with Gasteiger partial charge < -0.3 is 5.11 Å². The molecule has 1 heterocycles. The van der Waals surface area contributed by atoms with Gasteiger partial charge in [0.05, 0.1) is 5.76 Å². The van der Waals surface area contributed by atoms with Crippen molar-refractivity contribution in [2.24, 2.45) is 0 Å². The largest absolute Gasteiger partial charge is 0 e. The van der Waals surface area contributed by atoms with Crippen LogP contribution in [0.25, 0.3) is 33.2 Å². The van der Waals surface area contributed by atoms with Gasteiger partial charge in [-0.25, -0.2) is 0 Å². The van der Waals surface area contributed by atoms with Crippen LogP contribution in [0.2, 0.25) is 17.3 Å². The van der Waals surface area contributed by atoms with Crippen molar-refractivity contribution in [2.45, 2.75) is 50.9 Å². The number of aliphatic hydroxyl groups is 1. The monoisotopic (exact) mass is 751 g/mol. The minimum Gasteiger partial charge on any atom is 0 e. The minimum atomic E-state index is -1.90. The molecule has 0 unspecified atom stereocenters. The number of benzene rings is 3. The van der Waals surface area contributed by atoms with Crippen LogP contribution in [-0.2, 0) is 24.9 Å². The molecular weight excluding hydrogens is 714 g/mol. The standard InChI is InChI=1S/C27H27FGeN.C5H8O2.Ir/c1-18(2)24-15-21(14-20-8-6-7-9-23(20)24)27-16-25(26(28)17-30-27)19-10-12-22(13-11-19)29(3,4)5;1-4(6)3-5(2)7;/h6-13,15-18H,1-5H3;3,6H,1-2H3;/q-1;;/b;4-3-;. The zero-order chi connectivity index (χ0) is 27.3. The molecule has 0 aliphatic heterocycles. The van der Waals surface area contributed by atoms with Gasteiger partial charge in [-0.05, 0) is 13.8 Å². The summed E-state index contributed by atoms with van der Waals surface area (Å²) in [5.74, 6) is 7.10. The Morgan fingerprint density at radius 2 is 1.66 bits per heavy atom. The van der Waals surface area contributed by atoms with Gasteiger partial charge >= 0.3 is 175 Å². The number of carbonyl (C=O) groups excluding carboxylic acids is 1. The van der Waals surface area contributed by atoms with E-state index in [9.17, 15) is 9.18 Å². The molecule has 0 saturated heterocycles. The third-order valence-electron chi connectivity index (χ3n) is 6.03. The van der Waals surface area contributed by atoms with Crippen molar-refractivity contribution in [3.63, 3.8) is 0 Å². The molecule has 38 heavy (non-hydrogen) atoms. The van der Waals surface area contributed by atoms with Crippen LogP contribution in [0.4, 0.5) is 4.39 Å². The zero-order valence-corrected chi connectivity index (χ0v) is 27.5. The number of fused-ring (bicyclic) bond motifs is 1. The summed E-state index contributed by atoms with van der Waals surface area (Å²) in [6, 6.07) is 24.2. The van der Waals surface area contributed by atoms with Crippen molar-refractivity contribution in [1.29, 1.82) is 0 Å². The molecule has 1 aromatic heterocycles. The van der Waals surface area contributed by atoms with E-state index < -0.39 is 13.3 Å². The summed E-state index contributed by atoms with van der Waals surface area (Å²) in [6.45, 7) is 7.23. The Kier molecular flexibility index (Phi) is 11.2. The van der Waals surface area contributed by atoms with Crippen molar-refractivity contribution < 1.29 is 34.4 Å². The Hall–Kier alpha value is -2.60. The van der Waals surface area contributed by atoms with Crippen LogP contribution in [0.1, 0.15) is 39.2 Å². The second-order valence-electron chi connectivity index (χ2n) is 10.6. The predicted octanol–water partition coefficient (Wildman–Crippen LogP) is 8.21. The van der Waals surface area contributed by atoms with Crippen molar-refractivity contribution in [2.75, 3.05) is 0 Å². The smallest absolute Gasteiger partial charge is 0 e. The molecule has 0 atom stereocenters. The molecule has 3 aromatic carbocycles. The summed E-state index contributed by atoms with van der Waals surface area (Å²) in [7, 11) is 0. The third-order valence-corrected chi connectivity index (χ3v) is 10.4. The maximum absolute atomic E-state index is 14.7. The van der Waals surface area contributed by atoms with Crippen LogP contribution in [0, 0.1) is 11.9 Å². The van der Waals surface area contributed by atoms with Crippen molar-refractivity contribution in [3.05, 3.63) is 96.1 Å². The third kappa shape index (κ3) is 8.20. The fraction of sp³-hybridized carbons (Fsp3) is 0.250. The van der Waals surface area contributed by atoms with Crippen molar-refractivity contribution in [1.82, 2.24) is 4.98 Å². The number of rotatable bonds is 5. The molecule has 1 N–H and O–H groups in total. The number of halogens is 1. The van der Waals surface area contributed by atoms with E-state index in [1.165, 1.54) is 41.5 Å². The fourth-order valence-electron chi connectivity index (χ4n) is 4.13. The van der Waals surface area contributed by atoms with Gasteiger partial charge in [0.15, 0.2) is 5.78 Å². The average Bonchev–Trinajstić information content (AvgIpc) is 2.82. The molecule has 0 bridgehead atoms. The first-order chi connectivity index (χ1) is 17.4. The Balaban J connectivity index is 0.000000561. The van der Waals surface area contributed by atoms with Gasteiger partial charge in [-0.15, -0.1) is 0 Å². The van der Waals surface area contributed by atoms with Gasteiger partial charge in [0.2, 0.25) is 0 Å². The van der Waals surface area contributed by atoms with E-state index in [1.54, 1.807) is 0 Å². The van der Waals surface area contributed by atoms with E-state index in [0.29, 0.717) is 11.5 Å². The normalized spacial score (nSPS) is 11.6. The second-order valence-corrected chi connectivity index (χ2v) is 21.3. The van der Waals surface area contributed by atoms with Gasteiger partial charge in [-0.1, -0.05) is 6.07 Å². The Morgan fingerprint density at radius 3 is 2.18 bits per heavy atom. The Labute approximate surface area is 241 Å². The zero-order valence-electron chi connectivity index (χ0n) is 23.0. The van der Waals surface area contributed by atoms with Gasteiger partial charge in [0.25, 0.3) is 0 Å². The summed E-state index contributed by atoms with van der Waals surface area (Å²) in [4.78, 5) is 14.4. The summed E-state index contributed by atoms with van der Waals surface area (Å²) in [5, 5.41) is 10.6. The number of hydrogen-bond donors (Lipinski definition) is 1.